The van der Waals surface area contributed by atoms with Crippen LogP contribution in [-0.4, -0.2) is 4.98 Å². The molecule has 2 nitrogen and oxygen atoms in total. The number of rotatable bonds is 4. The van der Waals surface area contributed by atoms with Crippen molar-refractivity contribution in [3.05, 3.63) is 49.3 Å². The largest absolute Gasteiger partial charge is 0.305 e. The SMILES string of the molecule is CC(NCc1cc(Br)c(Br)s1)c1cccnc1. The lowest BCUT2D eigenvalue weighted by Gasteiger charge is -2.12. The summed E-state index contributed by atoms with van der Waals surface area (Å²) in [6.45, 7) is 3.01. The van der Waals surface area contributed by atoms with Gasteiger partial charge in [0.2, 0.25) is 0 Å². The molecule has 0 amide bonds. The van der Waals surface area contributed by atoms with Crippen LogP contribution in [0, 0.1) is 0 Å². The summed E-state index contributed by atoms with van der Waals surface area (Å²) >= 11 is 8.74. The maximum absolute atomic E-state index is 4.13. The highest BCUT2D eigenvalue weighted by atomic mass is 79.9. The lowest BCUT2D eigenvalue weighted by molar-refractivity contribution is 0.577. The number of aromatic nitrogens is 1. The zero-order chi connectivity index (χ0) is 12.3. The summed E-state index contributed by atoms with van der Waals surface area (Å²) in [5.74, 6) is 0. The fourth-order valence-electron chi connectivity index (χ4n) is 1.48. The van der Waals surface area contributed by atoms with Crippen molar-refractivity contribution in [1.82, 2.24) is 10.3 Å². The fraction of sp³-hybridized carbons (Fsp3) is 0.250. The van der Waals surface area contributed by atoms with Crippen LogP contribution in [-0.2, 0) is 6.54 Å². The van der Waals surface area contributed by atoms with E-state index in [0.717, 1.165) is 14.8 Å². The number of nitrogens with zero attached hydrogens (tertiary/aromatic N) is 1. The highest BCUT2D eigenvalue weighted by molar-refractivity contribution is 9.13. The minimum absolute atomic E-state index is 0.309. The van der Waals surface area contributed by atoms with Gasteiger partial charge in [0.1, 0.15) is 0 Å². The number of pyridine rings is 1. The molecule has 17 heavy (non-hydrogen) atoms. The van der Waals surface area contributed by atoms with Gasteiger partial charge in [-0.3, -0.25) is 4.98 Å². The van der Waals surface area contributed by atoms with Gasteiger partial charge >= 0.3 is 0 Å². The summed E-state index contributed by atoms with van der Waals surface area (Å²) < 4.78 is 2.26. The van der Waals surface area contributed by atoms with Gasteiger partial charge < -0.3 is 5.32 Å². The molecule has 0 saturated heterocycles. The first-order chi connectivity index (χ1) is 8.16. The predicted molar refractivity (Wildman–Crippen MR) is 79.2 cm³/mol. The molecule has 2 rings (SSSR count). The van der Waals surface area contributed by atoms with Crippen molar-refractivity contribution >= 4 is 43.2 Å². The lowest BCUT2D eigenvalue weighted by atomic mass is 10.1. The molecular formula is C12H12Br2N2S. The van der Waals surface area contributed by atoms with E-state index in [2.05, 4.69) is 61.2 Å². The first-order valence-corrected chi connectivity index (χ1v) is 7.64. The maximum atomic E-state index is 4.13. The molecule has 0 radical (unpaired) electrons. The monoisotopic (exact) mass is 374 g/mol. The molecule has 2 aromatic rings. The van der Waals surface area contributed by atoms with Crippen LogP contribution in [0.2, 0.25) is 0 Å². The normalized spacial score (nSPS) is 12.6. The van der Waals surface area contributed by atoms with Crippen molar-refractivity contribution in [2.24, 2.45) is 0 Å². The summed E-state index contributed by atoms with van der Waals surface area (Å²) in [6, 6.07) is 6.50. The zero-order valence-electron chi connectivity index (χ0n) is 9.28. The molecule has 1 unspecified atom stereocenters. The number of hydrogen-bond acceptors (Lipinski definition) is 3. The van der Waals surface area contributed by atoms with Crippen molar-refractivity contribution in [2.75, 3.05) is 0 Å². The Morgan fingerprint density at radius 2 is 2.29 bits per heavy atom. The molecular weight excluding hydrogens is 364 g/mol. The van der Waals surface area contributed by atoms with E-state index in [-0.39, 0.29) is 0 Å². The Morgan fingerprint density at radius 1 is 1.47 bits per heavy atom. The second-order valence-electron chi connectivity index (χ2n) is 3.72. The van der Waals surface area contributed by atoms with Gasteiger partial charge in [0.25, 0.3) is 0 Å². The highest BCUT2D eigenvalue weighted by Gasteiger charge is 2.07. The van der Waals surface area contributed by atoms with Gasteiger partial charge in [-0.1, -0.05) is 6.07 Å². The van der Waals surface area contributed by atoms with Gasteiger partial charge in [0.15, 0.2) is 0 Å². The summed E-state index contributed by atoms with van der Waals surface area (Å²) in [5.41, 5.74) is 1.21. The standard InChI is InChI=1S/C12H12Br2N2S/c1-8(9-3-2-4-15-6-9)16-7-10-5-11(13)12(14)17-10/h2-6,8,16H,7H2,1H3. The van der Waals surface area contributed by atoms with E-state index < -0.39 is 0 Å². The first kappa shape index (κ1) is 13.2. The van der Waals surface area contributed by atoms with E-state index in [0.29, 0.717) is 6.04 Å². The van der Waals surface area contributed by atoms with Crippen LogP contribution in [0.25, 0.3) is 0 Å². The van der Waals surface area contributed by atoms with E-state index in [1.165, 1.54) is 10.4 Å². The molecule has 1 atom stereocenters. The van der Waals surface area contributed by atoms with E-state index in [1.54, 1.807) is 17.5 Å². The van der Waals surface area contributed by atoms with Crippen LogP contribution in [0.1, 0.15) is 23.4 Å². The average molecular weight is 376 g/mol. The molecule has 0 fully saturated rings. The minimum atomic E-state index is 0.309. The third kappa shape index (κ3) is 3.61. The second kappa shape index (κ2) is 6.09. The molecule has 0 aliphatic carbocycles. The van der Waals surface area contributed by atoms with Crippen molar-refractivity contribution < 1.29 is 0 Å². The average Bonchev–Trinajstić information content (AvgIpc) is 2.67. The van der Waals surface area contributed by atoms with Gasteiger partial charge in [-0.2, -0.15) is 0 Å². The second-order valence-corrected chi connectivity index (χ2v) is 7.03. The summed E-state index contributed by atoms with van der Waals surface area (Å²) in [5, 5.41) is 3.48. The molecule has 0 saturated carbocycles. The minimum Gasteiger partial charge on any atom is -0.305 e. The molecule has 0 aliphatic rings. The van der Waals surface area contributed by atoms with Crippen LogP contribution < -0.4 is 5.32 Å². The number of halogens is 2. The molecule has 5 heteroatoms. The number of thiophene rings is 1. The van der Waals surface area contributed by atoms with Crippen molar-refractivity contribution in [2.45, 2.75) is 19.5 Å². The molecule has 90 valence electrons. The fourth-order valence-corrected chi connectivity index (χ4v) is 3.61. The molecule has 0 bridgehead atoms. The molecule has 2 aromatic heterocycles. The summed E-state index contributed by atoms with van der Waals surface area (Å²) in [7, 11) is 0. The molecule has 2 heterocycles. The Bertz CT molecular complexity index is 465. The van der Waals surface area contributed by atoms with E-state index in [1.807, 2.05) is 12.3 Å². The Balaban J connectivity index is 1.94. The van der Waals surface area contributed by atoms with Crippen LogP contribution in [0.3, 0.4) is 0 Å². The Kier molecular flexibility index (Phi) is 4.73. The van der Waals surface area contributed by atoms with Gasteiger partial charge in [0, 0.05) is 34.3 Å². The van der Waals surface area contributed by atoms with Gasteiger partial charge in [-0.15, -0.1) is 11.3 Å². The molecule has 0 spiro atoms. The van der Waals surface area contributed by atoms with Crippen LogP contribution in [0.5, 0.6) is 0 Å². The first-order valence-electron chi connectivity index (χ1n) is 5.24. The zero-order valence-corrected chi connectivity index (χ0v) is 13.3. The lowest BCUT2D eigenvalue weighted by Crippen LogP contribution is -2.17. The summed E-state index contributed by atoms with van der Waals surface area (Å²) in [4.78, 5) is 5.43. The maximum Gasteiger partial charge on any atom is 0.0843 e. The van der Waals surface area contributed by atoms with Crippen molar-refractivity contribution in [1.29, 1.82) is 0 Å². The highest BCUT2D eigenvalue weighted by Crippen LogP contribution is 2.32. The quantitative estimate of drug-likeness (QED) is 0.849. The Hall–Kier alpha value is -0.230. The van der Waals surface area contributed by atoms with Crippen molar-refractivity contribution in [3.63, 3.8) is 0 Å². The van der Waals surface area contributed by atoms with Gasteiger partial charge in [0.05, 0.1) is 3.79 Å². The van der Waals surface area contributed by atoms with E-state index >= 15 is 0 Å². The van der Waals surface area contributed by atoms with Crippen molar-refractivity contribution in [3.8, 4) is 0 Å². The predicted octanol–water partition coefficient (Wildman–Crippen LogP) is 4.52. The third-order valence-electron chi connectivity index (χ3n) is 2.46. The van der Waals surface area contributed by atoms with Gasteiger partial charge in [-0.25, -0.2) is 0 Å². The topological polar surface area (TPSA) is 24.9 Å². The number of hydrogen-bond donors (Lipinski definition) is 1. The molecule has 0 aliphatic heterocycles. The van der Waals surface area contributed by atoms with Gasteiger partial charge in [-0.05, 0) is 56.5 Å². The Morgan fingerprint density at radius 3 is 2.88 bits per heavy atom. The van der Waals surface area contributed by atoms with E-state index in [4.69, 9.17) is 0 Å². The van der Waals surface area contributed by atoms with Crippen LogP contribution in [0.15, 0.2) is 38.9 Å². The van der Waals surface area contributed by atoms with E-state index in [9.17, 15) is 0 Å². The number of nitrogens with one attached hydrogen (secondary N) is 1. The van der Waals surface area contributed by atoms with Crippen LogP contribution in [0.4, 0.5) is 0 Å². The summed E-state index contributed by atoms with van der Waals surface area (Å²) in [6.07, 6.45) is 3.70. The molecule has 1 N–H and O–H groups in total. The molecule has 0 aromatic carbocycles. The Labute approximate surface area is 122 Å². The smallest absolute Gasteiger partial charge is 0.0843 e. The third-order valence-corrected chi connectivity index (χ3v) is 5.72. The van der Waals surface area contributed by atoms with Crippen LogP contribution >= 0.6 is 43.2 Å².